The number of rotatable bonds is 6. The van der Waals surface area contributed by atoms with Crippen LogP contribution < -0.4 is 5.32 Å². The zero-order valence-electron chi connectivity index (χ0n) is 10.3. The molecule has 16 heavy (non-hydrogen) atoms. The highest BCUT2D eigenvalue weighted by atomic mass is 16.6. The summed E-state index contributed by atoms with van der Waals surface area (Å²) in [6, 6.07) is 0. The van der Waals surface area contributed by atoms with Crippen LogP contribution in [0.25, 0.3) is 0 Å². The molecule has 0 aromatic carbocycles. The summed E-state index contributed by atoms with van der Waals surface area (Å²) >= 11 is 0. The van der Waals surface area contributed by atoms with Gasteiger partial charge in [-0.25, -0.2) is 4.79 Å². The molecule has 0 saturated heterocycles. The van der Waals surface area contributed by atoms with Crippen LogP contribution in [0.5, 0.6) is 0 Å². The summed E-state index contributed by atoms with van der Waals surface area (Å²) in [6.07, 6.45) is 0.963. The molecule has 0 aliphatic carbocycles. The normalized spacial score (nSPS) is 11.6. The van der Waals surface area contributed by atoms with E-state index in [0.29, 0.717) is 19.4 Å². The van der Waals surface area contributed by atoms with Gasteiger partial charge in [-0.15, -0.1) is 0 Å². The molecule has 0 aromatic rings. The van der Waals surface area contributed by atoms with Crippen LogP contribution in [0, 0.1) is 5.92 Å². The van der Waals surface area contributed by atoms with Crippen LogP contribution in [-0.4, -0.2) is 41.7 Å². The van der Waals surface area contributed by atoms with Crippen molar-refractivity contribution in [2.75, 3.05) is 19.8 Å². The summed E-state index contributed by atoms with van der Waals surface area (Å²) in [5, 5.41) is 20.2. The summed E-state index contributed by atoms with van der Waals surface area (Å²) in [5.41, 5.74) is -0.483. The molecule has 0 fully saturated rings. The Bertz CT molecular complexity index is 197. The minimum Gasteiger partial charge on any atom is -0.444 e. The maximum absolute atomic E-state index is 11.2. The van der Waals surface area contributed by atoms with Gasteiger partial charge in [0.1, 0.15) is 5.60 Å². The van der Waals surface area contributed by atoms with E-state index in [1.165, 1.54) is 0 Å². The van der Waals surface area contributed by atoms with Crippen LogP contribution >= 0.6 is 0 Å². The molecule has 1 amide bonds. The van der Waals surface area contributed by atoms with Crippen molar-refractivity contribution in [1.29, 1.82) is 0 Å². The lowest BCUT2D eigenvalue weighted by atomic mass is 10.1. The molecule has 0 spiro atoms. The summed E-state index contributed by atoms with van der Waals surface area (Å²) in [6.45, 7) is 5.86. The highest BCUT2D eigenvalue weighted by molar-refractivity contribution is 5.67. The molecule has 5 heteroatoms. The monoisotopic (exact) mass is 233 g/mol. The first kappa shape index (κ1) is 15.2. The Balaban J connectivity index is 3.55. The Morgan fingerprint density at radius 1 is 1.31 bits per heavy atom. The average Bonchev–Trinajstić information content (AvgIpc) is 2.15. The van der Waals surface area contributed by atoms with Crippen LogP contribution in [0.3, 0.4) is 0 Å². The molecule has 96 valence electrons. The molecule has 0 bridgehead atoms. The second-order valence-corrected chi connectivity index (χ2v) is 4.80. The van der Waals surface area contributed by atoms with E-state index in [1.807, 2.05) is 0 Å². The van der Waals surface area contributed by atoms with E-state index < -0.39 is 11.7 Å². The zero-order valence-corrected chi connectivity index (χ0v) is 10.3. The lowest BCUT2D eigenvalue weighted by molar-refractivity contribution is 0.0525. The molecule has 3 N–H and O–H groups in total. The minimum atomic E-state index is -0.483. The van der Waals surface area contributed by atoms with Crippen molar-refractivity contribution in [3.63, 3.8) is 0 Å². The van der Waals surface area contributed by atoms with E-state index in [9.17, 15) is 4.79 Å². The highest BCUT2D eigenvalue weighted by Gasteiger charge is 2.15. The quantitative estimate of drug-likeness (QED) is 0.595. The van der Waals surface area contributed by atoms with E-state index in [2.05, 4.69) is 5.32 Å². The fraction of sp³-hybridized carbons (Fsp3) is 0.909. The smallest absolute Gasteiger partial charge is 0.407 e. The molecule has 0 saturated carbocycles. The predicted molar refractivity (Wildman–Crippen MR) is 61.1 cm³/mol. The maximum atomic E-state index is 11.2. The number of alkyl carbamates (subject to hydrolysis) is 1. The fourth-order valence-electron chi connectivity index (χ4n) is 1.14. The summed E-state index contributed by atoms with van der Waals surface area (Å²) in [4.78, 5) is 11.2. The van der Waals surface area contributed by atoms with Gasteiger partial charge < -0.3 is 20.3 Å². The van der Waals surface area contributed by atoms with E-state index in [4.69, 9.17) is 14.9 Å². The Hall–Kier alpha value is -0.810. The highest BCUT2D eigenvalue weighted by Crippen LogP contribution is 2.07. The third-order valence-electron chi connectivity index (χ3n) is 1.97. The molecule has 0 aliphatic rings. The Morgan fingerprint density at radius 2 is 1.88 bits per heavy atom. The molecule has 0 unspecified atom stereocenters. The van der Waals surface area contributed by atoms with Crippen molar-refractivity contribution >= 4 is 6.09 Å². The predicted octanol–water partition coefficient (Wildman–Crippen LogP) is 0.892. The summed E-state index contributed by atoms with van der Waals surface area (Å²) < 4.78 is 5.05. The fourth-order valence-corrected chi connectivity index (χ4v) is 1.14. The van der Waals surface area contributed by atoms with Gasteiger partial charge in [0.05, 0.1) is 0 Å². The summed E-state index contributed by atoms with van der Waals surface area (Å²) in [5.74, 6) is -0.0968. The van der Waals surface area contributed by atoms with Gasteiger partial charge in [-0.3, -0.25) is 0 Å². The molecular weight excluding hydrogens is 210 g/mol. The van der Waals surface area contributed by atoms with Gasteiger partial charge in [0.2, 0.25) is 0 Å². The number of nitrogens with one attached hydrogen (secondary N) is 1. The van der Waals surface area contributed by atoms with Gasteiger partial charge in [-0.1, -0.05) is 0 Å². The van der Waals surface area contributed by atoms with Gasteiger partial charge in [0, 0.05) is 25.7 Å². The van der Waals surface area contributed by atoms with Gasteiger partial charge in [0.15, 0.2) is 0 Å². The molecule has 0 radical (unpaired) electrons. The number of carbonyl (C=O) groups excluding carboxylic acids is 1. The standard InChI is InChI=1S/C11H23NO4/c1-11(2,3)16-10(15)12-6-4-5-9(7-13)8-14/h9,13-14H,4-8H2,1-3H3,(H,12,15). The number of ether oxygens (including phenoxy) is 1. The van der Waals surface area contributed by atoms with Gasteiger partial charge >= 0.3 is 6.09 Å². The van der Waals surface area contributed by atoms with Crippen LogP contribution in [0.1, 0.15) is 33.6 Å². The average molecular weight is 233 g/mol. The van der Waals surface area contributed by atoms with E-state index in [0.717, 1.165) is 0 Å². The number of aliphatic hydroxyl groups is 2. The number of carbonyl (C=O) groups is 1. The number of hydrogen-bond donors (Lipinski definition) is 3. The van der Waals surface area contributed by atoms with E-state index in [1.54, 1.807) is 20.8 Å². The minimum absolute atomic E-state index is 0.0249. The first-order chi connectivity index (χ1) is 7.39. The van der Waals surface area contributed by atoms with Crippen molar-refractivity contribution in [2.45, 2.75) is 39.2 Å². The lowest BCUT2D eigenvalue weighted by Crippen LogP contribution is -2.33. The Morgan fingerprint density at radius 3 is 2.31 bits per heavy atom. The number of aliphatic hydroxyl groups excluding tert-OH is 2. The van der Waals surface area contributed by atoms with Gasteiger partial charge in [-0.2, -0.15) is 0 Å². The molecule has 0 heterocycles. The van der Waals surface area contributed by atoms with Gasteiger partial charge in [-0.05, 0) is 33.6 Å². The Kier molecular flexibility index (Phi) is 7.08. The topological polar surface area (TPSA) is 78.8 Å². The lowest BCUT2D eigenvalue weighted by Gasteiger charge is -2.19. The first-order valence-corrected chi connectivity index (χ1v) is 5.57. The second-order valence-electron chi connectivity index (χ2n) is 4.80. The van der Waals surface area contributed by atoms with Crippen LogP contribution in [0.2, 0.25) is 0 Å². The molecule has 0 aliphatic heterocycles. The van der Waals surface area contributed by atoms with Crippen molar-refractivity contribution in [3.8, 4) is 0 Å². The number of hydrogen-bond acceptors (Lipinski definition) is 4. The second kappa shape index (κ2) is 7.46. The molecular formula is C11H23NO4. The third-order valence-corrected chi connectivity index (χ3v) is 1.97. The largest absolute Gasteiger partial charge is 0.444 e. The molecule has 0 atom stereocenters. The van der Waals surface area contributed by atoms with Crippen molar-refractivity contribution < 1.29 is 19.7 Å². The van der Waals surface area contributed by atoms with E-state index >= 15 is 0 Å². The summed E-state index contributed by atoms with van der Waals surface area (Å²) in [7, 11) is 0. The van der Waals surface area contributed by atoms with Crippen LogP contribution in [-0.2, 0) is 4.74 Å². The molecule has 5 nitrogen and oxygen atoms in total. The molecule has 0 rings (SSSR count). The molecule has 0 aromatic heterocycles. The van der Waals surface area contributed by atoms with Crippen LogP contribution in [0.4, 0.5) is 4.79 Å². The Labute approximate surface area is 96.8 Å². The van der Waals surface area contributed by atoms with Gasteiger partial charge in [0.25, 0.3) is 0 Å². The van der Waals surface area contributed by atoms with Crippen molar-refractivity contribution in [2.24, 2.45) is 5.92 Å². The maximum Gasteiger partial charge on any atom is 0.407 e. The number of amides is 1. The van der Waals surface area contributed by atoms with Crippen molar-refractivity contribution in [1.82, 2.24) is 5.32 Å². The first-order valence-electron chi connectivity index (χ1n) is 5.57. The van der Waals surface area contributed by atoms with Crippen LogP contribution in [0.15, 0.2) is 0 Å². The SMILES string of the molecule is CC(C)(C)OC(=O)NCCCC(CO)CO. The third kappa shape index (κ3) is 8.49. The van der Waals surface area contributed by atoms with E-state index in [-0.39, 0.29) is 19.1 Å². The zero-order chi connectivity index (χ0) is 12.6. The van der Waals surface area contributed by atoms with Crippen molar-refractivity contribution in [3.05, 3.63) is 0 Å².